The summed E-state index contributed by atoms with van der Waals surface area (Å²) in [5.41, 5.74) is 4.42. The molecule has 1 heteroatoms. The minimum atomic E-state index is 0.575. The molecule has 1 aliphatic carbocycles. The third-order valence-corrected chi connectivity index (χ3v) is 3.09. The molecular formula is C12H17N. The lowest BCUT2D eigenvalue weighted by atomic mass is 10.0. The first-order chi connectivity index (χ1) is 6.22. The standard InChI is InChI=1S/C12H17N/c1-8-4-5-10-11(6-8)9(2)7-12(10)13-3/h4-6,9,12-13H,7H2,1-3H3. The van der Waals surface area contributed by atoms with Crippen LogP contribution in [-0.2, 0) is 0 Å². The van der Waals surface area contributed by atoms with Crippen molar-refractivity contribution < 1.29 is 0 Å². The summed E-state index contributed by atoms with van der Waals surface area (Å²) in [6, 6.07) is 7.39. The van der Waals surface area contributed by atoms with Crippen molar-refractivity contribution in [2.45, 2.75) is 32.2 Å². The zero-order valence-electron chi connectivity index (χ0n) is 8.59. The minimum absolute atomic E-state index is 0.575. The lowest BCUT2D eigenvalue weighted by Gasteiger charge is -2.09. The molecule has 0 aliphatic heterocycles. The number of nitrogens with one attached hydrogen (secondary N) is 1. The van der Waals surface area contributed by atoms with Crippen LogP contribution in [0, 0.1) is 6.92 Å². The Kier molecular flexibility index (Phi) is 2.12. The van der Waals surface area contributed by atoms with Gasteiger partial charge in [0, 0.05) is 6.04 Å². The van der Waals surface area contributed by atoms with Gasteiger partial charge in [0.05, 0.1) is 0 Å². The number of hydrogen-bond acceptors (Lipinski definition) is 1. The number of fused-ring (bicyclic) bond motifs is 1. The Morgan fingerprint density at radius 3 is 2.77 bits per heavy atom. The van der Waals surface area contributed by atoms with Gasteiger partial charge < -0.3 is 5.32 Å². The number of hydrogen-bond donors (Lipinski definition) is 1. The second kappa shape index (κ2) is 3.15. The summed E-state index contributed by atoms with van der Waals surface area (Å²) in [5.74, 6) is 0.715. The zero-order chi connectivity index (χ0) is 9.42. The van der Waals surface area contributed by atoms with Crippen molar-refractivity contribution in [1.82, 2.24) is 5.32 Å². The number of aryl methyl sites for hydroxylation is 1. The first-order valence-corrected chi connectivity index (χ1v) is 5.00. The van der Waals surface area contributed by atoms with E-state index in [9.17, 15) is 0 Å². The van der Waals surface area contributed by atoms with Gasteiger partial charge in [-0.25, -0.2) is 0 Å². The largest absolute Gasteiger partial charge is 0.313 e. The first kappa shape index (κ1) is 8.76. The monoisotopic (exact) mass is 175 g/mol. The second-order valence-corrected chi connectivity index (χ2v) is 4.11. The number of benzene rings is 1. The van der Waals surface area contributed by atoms with Crippen molar-refractivity contribution in [2.75, 3.05) is 7.05 Å². The Bertz CT molecular complexity index is 317. The summed E-state index contributed by atoms with van der Waals surface area (Å²) in [4.78, 5) is 0. The third kappa shape index (κ3) is 1.37. The van der Waals surface area contributed by atoms with E-state index in [1.54, 1.807) is 5.56 Å². The van der Waals surface area contributed by atoms with Gasteiger partial charge in [-0.05, 0) is 37.4 Å². The lowest BCUT2D eigenvalue weighted by Crippen LogP contribution is -2.12. The van der Waals surface area contributed by atoms with E-state index in [1.165, 1.54) is 17.5 Å². The molecular weight excluding hydrogens is 158 g/mol. The van der Waals surface area contributed by atoms with Crippen LogP contribution in [0.15, 0.2) is 18.2 Å². The van der Waals surface area contributed by atoms with Gasteiger partial charge >= 0.3 is 0 Å². The smallest absolute Gasteiger partial charge is 0.0326 e. The van der Waals surface area contributed by atoms with E-state index in [4.69, 9.17) is 0 Å². The molecule has 70 valence electrons. The van der Waals surface area contributed by atoms with Crippen molar-refractivity contribution in [1.29, 1.82) is 0 Å². The molecule has 1 N–H and O–H groups in total. The molecule has 0 aromatic heterocycles. The van der Waals surface area contributed by atoms with Crippen LogP contribution in [0.1, 0.15) is 42.0 Å². The summed E-state index contributed by atoms with van der Waals surface area (Å²) < 4.78 is 0. The maximum atomic E-state index is 3.37. The van der Waals surface area contributed by atoms with Gasteiger partial charge in [0.15, 0.2) is 0 Å². The molecule has 0 saturated carbocycles. The third-order valence-electron chi connectivity index (χ3n) is 3.09. The van der Waals surface area contributed by atoms with Gasteiger partial charge in [0.25, 0.3) is 0 Å². The van der Waals surface area contributed by atoms with Crippen molar-refractivity contribution in [3.63, 3.8) is 0 Å². The van der Waals surface area contributed by atoms with E-state index >= 15 is 0 Å². The van der Waals surface area contributed by atoms with Crippen LogP contribution in [-0.4, -0.2) is 7.05 Å². The summed E-state index contributed by atoms with van der Waals surface area (Å²) in [5, 5.41) is 3.37. The van der Waals surface area contributed by atoms with Gasteiger partial charge in [-0.3, -0.25) is 0 Å². The Morgan fingerprint density at radius 1 is 1.31 bits per heavy atom. The molecule has 0 fully saturated rings. The van der Waals surface area contributed by atoms with Gasteiger partial charge in [-0.2, -0.15) is 0 Å². The molecule has 2 unspecified atom stereocenters. The highest BCUT2D eigenvalue weighted by molar-refractivity contribution is 5.40. The van der Waals surface area contributed by atoms with E-state index in [0.717, 1.165) is 0 Å². The average Bonchev–Trinajstić information content (AvgIpc) is 2.43. The summed E-state index contributed by atoms with van der Waals surface area (Å²) in [6.45, 7) is 4.48. The van der Waals surface area contributed by atoms with E-state index in [2.05, 4.69) is 37.4 Å². The van der Waals surface area contributed by atoms with Crippen LogP contribution >= 0.6 is 0 Å². The Hall–Kier alpha value is -0.820. The van der Waals surface area contributed by atoms with Crippen LogP contribution in [0.25, 0.3) is 0 Å². The molecule has 0 saturated heterocycles. The molecule has 13 heavy (non-hydrogen) atoms. The van der Waals surface area contributed by atoms with Crippen molar-refractivity contribution in [3.05, 3.63) is 34.9 Å². The highest BCUT2D eigenvalue weighted by Crippen LogP contribution is 2.39. The van der Waals surface area contributed by atoms with E-state index < -0.39 is 0 Å². The molecule has 1 aromatic rings. The van der Waals surface area contributed by atoms with Crippen molar-refractivity contribution in [2.24, 2.45) is 0 Å². The van der Waals surface area contributed by atoms with E-state index in [1.807, 2.05) is 7.05 Å². The quantitative estimate of drug-likeness (QED) is 0.692. The molecule has 1 aliphatic rings. The van der Waals surface area contributed by atoms with Crippen molar-refractivity contribution >= 4 is 0 Å². The fraction of sp³-hybridized carbons (Fsp3) is 0.500. The SMILES string of the molecule is CNC1CC(C)c2cc(C)ccc21. The molecule has 2 atom stereocenters. The lowest BCUT2D eigenvalue weighted by molar-refractivity contribution is 0.553. The molecule has 0 bridgehead atoms. The van der Waals surface area contributed by atoms with Crippen LogP contribution in [0.5, 0.6) is 0 Å². The first-order valence-electron chi connectivity index (χ1n) is 5.00. The second-order valence-electron chi connectivity index (χ2n) is 4.11. The van der Waals surface area contributed by atoms with Crippen LogP contribution in [0.4, 0.5) is 0 Å². The Morgan fingerprint density at radius 2 is 2.08 bits per heavy atom. The normalized spacial score (nSPS) is 26.1. The molecule has 0 spiro atoms. The summed E-state index contributed by atoms with van der Waals surface area (Å²) in [6.07, 6.45) is 1.25. The van der Waals surface area contributed by atoms with Gasteiger partial charge in [-0.15, -0.1) is 0 Å². The minimum Gasteiger partial charge on any atom is -0.313 e. The fourth-order valence-corrected chi connectivity index (χ4v) is 2.32. The van der Waals surface area contributed by atoms with Gasteiger partial charge in [0.2, 0.25) is 0 Å². The highest BCUT2D eigenvalue weighted by Gasteiger charge is 2.26. The predicted molar refractivity (Wildman–Crippen MR) is 56.0 cm³/mol. The molecule has 2 rings (SSSR count). The zero-order valence-corrected chi connectivity index (χ0v) is 8.59. The maximum Gasteiger partial charge on any atom is 0.0326 e. The van der Waals surface area contributed by atoms with Gasteiger partial charge in [0.1, 0.15) is 0 Å². The van der Waals surface area contributed by atoms with Crippen LogP contribution < -0.4 is 5.32 Å². The Balaban J connectivity index is 2.46. The fourth-order valence-electron chi connectivity index (χ4n) is 2.32. The van der Waals surface area contributed by atoms with Gasteiger partial charge in [-0.1, -0.05) is 30.7 Å². The molecule has 0 amide bonds. The summed E-state index contributed by atoms with van der Waals surface area (Å²) >= 11 is 0. The van der Waals surface area contributed by atoms with Crippen molar-refractivity contribution in [3.8, 4) is 0 Å². The topological polar surface area (TPSA) is 12.0 Å². The van der Waals surface area contributed by atoms with Crippen LogP contribution in [0.3, 0.4) is 0 Å². The molecule has 0 heterocycles. The summed E-state index contributed by atoms with van der Waals surface area (Å²) in [7, 11) is 2.05. The molecule has 0 radical (unpaired) electrons. The maximum absolute atomic E-state index is 3.37. The predicted octanol–water partition coefficient (Wildman–Crippen LogP) is 2.76. The van der Waals surface area contributed by atoms with E-state index in [0.29, 0.717) is 12.0 Å². The van der Waals surface area contributed by atoms with E-state index in [-0.39, 0.29) is 0 Å². The number of rotatable bonds is 1. The molecule has 1 nitrogen and oxygen atoms in total. The Labute approximate surface area is 80.2 Å². The highest BCUT2D eigenvalue weighted by atomic mass is 14.9. The average molecular weight is 175 g/mol. The van der Waals surface area contributed by atoms with Crippen LogP contribution in [0.2, 0.25) is 0 Å². The molecule has 1 aromatic carbocycles.